The summed E-state index contributed by atoms with van der Waals surface area (Å²) in [6.45, 7) is 1.42. The summed E-state index contributed by atoms with van der Waals surface area (Å²) in [6, 6.07) is 15.7. The number of amides is 1. The molecule has 5 nitrogen and oxygen atoms in total. The minimum absolute atomic E-state index is 0.168. The monoisotopic (exact) mass is 371 g/mol. The summed E-state index contributed by atoms with van der Waals surface area (Å²) in [5.41, 5.74) is 4.20. The van der Waals surface area contributed by atoms with Gasteiger partial charge in [-0.1, -0.05) is 46.3 Å². The summed E-state index contributed by atoms with van der Waals surface area (Å²) in [5, 5.41) is 1.37. The number of hydrazine groups is 1. The molecule has 6 heteroatoms. The molecule has 2 aromatic rings. The first-order chi connectivity index (χ1) is 11.1. The maximum atomic E-state index is 12.8. The second-order valence-corrected chi connectivity index (χ2v) is 6.02. The number of aliphatic imine (C=N–C) groups is 1. The van der Waals surface area contributed by atoms with E-state index in [-0.39, 0.29) is 17.5 Å². The third-order valence-electron chi connectivity index (χ3n) is 3.46. The number of hydrogen-bond donors (Lipinski definition) is 1. The zero-order valence-electron chi connectivity index (χ0n) is 12.4. The van der Waals surface area contributed by atoms with E-state index >= 15 is 0 Å². The first-order valence-corrected chi connectivity index (χ1v) is 7.85. The van der Waals surface area contributed by atoms with Crippen LogP contribution in [0.3, 0.4) is 0 Å². The lowest BCUT2D eigenvalue weighted by Gasteiger charge is -2.31. The lowest BCUT2D eigenvalue weighted by molar-refractivity contribution is -0.120. The molecule has 0 radical (unpaired) electrons. The number of carbonyl (C=O) groups excluding carboxylic acids is 2. The van der Waals surface area contributed by atoms with Crippen LogP contribution in [0.2, 0.25) is 0 Å². The number of ketones is 1. The van der Waals surface area contributed by atoms with Gasteiger partial charge in [0.05, 0.1) is 5.69 Å². The van der Waals surface area contributed by atoms with Crippen LogP contribution in [0.5, 0.6) is 0 Å². The molecule has 23 heavy (non-hydrogen) atoms. The van der Waals surface area contributed by atoms with Crippen LogP contribution in [0.15, 0.2) is 64.1 Å². The first kappa shape index (κ1) is 15.4. The number of Topliss-reactive ketones (excluding diaryl/α,β-unsaturated/α-hetero) is 1. The SMILES string of the molecule is CC(=O)C1=NC(c2ccccc2)C(=O)N(c2ccc(Br)cc2)N1. The molecule has 1 aliphatic heterocycles. The average Bonchev–Trinajstić information content (AvgIpc) is 2.56. The zero-order chi connectivity index (χ0) is 16.4. The fourth-order valence-electron chi connectivity index (χ4n) is 2.30. The van der Waals surface area contributed by atoms with Crippen molar-refractivity contribution < 1.29 is 9.59 Å². The van der Waals surface area contributed by atoms with Crippen molar-refractivity contribution in [1.82, 2.24) is 5.43 Å². The van der Waals surface area contributed by atoms with Crippen LogP contribution < -0.4 is 10.4 Å². The minimum Gasteiger partial charge on any atom is -0.291 e. The molecule has 0 fully saturated rings. The van der Waals surface area contributed by atoms with Crippen LogP contribution in [0.4, 0.5) is 5.69 Å². The maximum Gasteiger partial charge on any atom is 0.275 e. The zero-order valence-corrected chi connectivity index (χ0v) is 13.9. The summed E-state index contributed by atoms with van der Waals surface area (Å²) in [7, 11) is 0. The molecule has 0 spiro atoms. The molecule has 0 saturated heterocycles. The van der Waals surface area contributed by atoms with Crippen molar-refractivity contribution in [2.45, 2.75) is 13.0 Å². The van der Waals surface area contributed by atoms with Crippen molar-refractivity contribution in [2.24, 2.45) is 4.99 Å². The molecule has 1 atom stereocenters. The highest BCUT2D eigenvalue weighted by molar-refractivity contribution is 9.10. The molecule has 0 bridgehead atoms. The number of hydrogen-bond acceptors (Lipinski definition) is 4. The van der Waals surface area contributed by atoms with Gasteiger partial charge in [0.2, 0.25) is 0 Å². The third-order valence-corrected chi connectivity index (χ3v) is 3.99. The van der Waals surface area contributed by atoms with Gasteiger partial charge in [-0.05, 0) is 29.8 Å². The van der Waals surface area contributed by atoms with Crippen molar-refractivity contribution in [3.05, 3.63) is 64.6 Å². The van der Waals surface area contributed by atoms with Gasteiger partial charge in [-0.25, -0.2) is 10.0 Å². The summed E-state index contributed by atoms with van der Waals surface area (Å²) in [4.78, 5) is 28.9. The van der Waals surface area contributed by atoms with Crippen molar-refractivity contribution in [3.63, 3.8) is 0 Å². The van der Waals surface area contributed by atoms with E-state index in [9.17, 15) is 9.59 Å². The number of nitrogens with one attached hydrogen (secondary N) is 1. The van der Waals surface area contributed by atoms with Gasteiger partial charge in [0.25, 0.3) is 5.91 Å². The van der Waals surface area contributed by atoms with Crippen molar-refractivity contribution in [2.75, 3.05) is 5.01 Å². The van der Waals surface area contributed by atoms with E-state index in [1.165, 1.54) is 11.9 Å². The van der Waals surface area contributed by atoms with E-state index in [0.29, 0.717) is 5.69 Å². The number of rotatable bonds is 3. The largest absolute Gasteiger partial charge is 0.291 e. The molecule has 1 unspecified atom stereocenters. The Morgan fingerprint density at radius 3 is 2.39 bits per heavy atom. The van der Waals surface area contributed by atoms with E-state index in [4.69, 9.17) is 0 Å². The van der Waals surface area contributed by atoms with Gasteiger partial charge >= 0.3 is 0 Å². The summed E-state index contributed by atoms with van der Waals surface area (Å²) < 4.78 is 0.908. The predicted molar refractivity (Wildman–Crippen MR) is 92.1 cm³/mol. The Kier molecular flexibility index (Phi) is 4.25. The van der Waals surface area contributed by atoms with E-state index in [1.54, 1.807) is 12.1 Å². The molecule has 1 aliphatic rings. The number of carbonyl (C=O) groups is 2. The second-order valence-electron chi connectivity index (χ2n) is 5.11. The molecular weight excluding hydrogens is 358 g/mol. The molecule has 0 aliphatic carbocycles. The molecule has 116 valence electrons. The van der Waals surface area contributed by atoms with Crippen molar-refractivity contribution in [1.29, 1.82) is 0 Å². The Balaban J connectivity index is 2.03. The molecule has 1 N–H and O–H groups in total. The normalized spacial score (nSPS) is 17.5. The number of benzene rings is 2. The number of halogens is 1. The molecule has 0 saturated carbocycles. The molecule has 0 aromatic heterocycles. The van der Waals surface area contributed by atoms with Crippen LogP contribution in [0, 0.1) is 0 Å². The van der Waals surface area contributed by atoms with Gasteiger partial charge in [-0.2, -0.15) is 0 Å². The van der Waals surface area contributed by atoms with E-state index < -0.39 is 6.04 Å². The van der Waals surface area contributed by atoms with Crippen molar-refractivity contribution in [3.8, 4) is 0 Å². The van der Waals surface area contributed by atoms with Crippen LogP contribution in [0.25, 0.3) is 0 Å². The molecule has 3 rings (SSSR count). The van der Waals surface area contributed by atoms with Crippen molar-refractivity contribution >= 4 is 39.1 Å². The van der Waals surface area contributed by atoms with E-state index in [0.717, 1.165) is 10.0 Å². The van der Waals surface area contributed by atoms with Crippen LogP contribution in [-0.2, 0) is 9.59 Å². The van der Waals surface area contributed by atoms with Gasteiger partial charge < -0.3 is 0 Å². The number of amidine groups is 1. The fourth-order valence-corrected chi connectivity index (χ4v) is 2.56. The van der Waals surface area contributed by atoms with Gasteiger partial charge in [-0.15, -0.1) is 0 Å². The van der Waals surface area contributed by atoms with E-state index in [2.05, 4.69) is 26.3 Å². The highest BCUT2D eigenvalue weighted by Gasteiger charge is 2.33. The molecular formula is C17H14BrN3O2. The van der Waals surface area contributed by atoms with Crippen LogP contribution >= 0.6 is 15.9 Å². The smallest absolute Gasteiger partial charge is 0.275 e. The average molecular weight is 372 g/mol. The molecule has 2 aromatic carbocycles. The topological polar surface area (TPSA) is 61.8 Å². The first-order valence-electron chi connectivity index (χ1n) is 7.06. The maximum absolute atomic E-state index is 12.8. The van der Waals surface area contributed by atoms with Gasteiger partial charge in [0.1, 0.15) is 0 Å². The second kappa shape index (κ2) is 6.34. The van der Waals surface area contributed by atoms with E-state index in [1.807, 2.05) is 42.5 Å². The quantitative estimate of drug-likeness (QED) is 0.901. The standard InChI is InChI=1S/C17H14BrN3O2/c1-11(22)16-19-15(12-5-3-2-4-6-12)17(23)21(20-16)14-9-7-13(18)8-10-14/h2-10,15H,1H3,(H,19,20). The predicted octanol–water partition coefficient (Wildman–Crippen LogP) is 3.03. The third kappa shape index (κ3) is 3.17. The Bertz CT molecular complexity index is 772. The Labute approximate surface area is 142 Å². The van der Waals surface area contributed by atoms with Gasteiger partial charge in [-0.3, -0.25) is 15.0 Å². The fraction of sp³-hybridized carbons (Fsp3) is 0.118. The Hall–Kier alpha value is -2.47. The number of anilines is 1. The van der Waals surface area contributed by atoms with Crippen LogP contribution in [-0.4, -0.2) is 17.5 Å². The van der Waals surface area contributed by atoms with Gasteiger partial charge in [0.15, 0.2) is 17.7 Å². The minimum atomic E-state index is -0.736. The summed E-state index contributed by atoms with van der Waals surface area (Å²) in [6.07, 6.45) is 0. The number of nitrogens with zero attached hydrogens (tertiary/aromatic N) is 2. The van der Waals surface area contributed by atoms with Gasteiger partial charge in [0, 0.05) is 11.4 Å². The van der Waals surface area contributed by atoms with Crippen LogP contribution in [0.1, 0.15) is 18.5 Å². The lowest BCUT2D eigenvalue weighted by Crippen LogP contribution is -2.54. The Morgan fingerprint density at radius 1 is 1.13 bits per heavy atom. The highest BCUT2D eigenvalue weighted by atomic mass is 79.9. The summed E-state index contributed by atoms with van der Waals surface area (Å²) >= 11 is 3.37. The Morgan fingerprint density at radius 2 is 1.78 bits per heavy atom. The molecule has 1 amide bonds. The lowest BCUT2D eigenvalue weighted by atomic mass is 10.1. The highest BCUT2D eigenvalue weighted by Crippen LogP contribution is 2.26. The summed E-state index contributed by atoms with van der Waals surface area (Å²) in [5.74, 6) is -0.287. The molecule has 1 heterocycles.